The van der Waals surface area contributed by atoms with E-state index >= 15 is 0 Å². The molecule has 1 amide bonds. The zero-order valence-electron chi connectivity index (χ0n) is 13.5. The summed E-state index contributed by atoms with van der Waals surface area (Å²) in [5.41, 5.74) is 1.78. The SMILES string of the molecule is CCNC(=O)CN(CC)c1cc(C)nc2c([N+](=O)[O-])cccc12. The summed E-state index contributed by atoms with van der Waals surface area (Å²) in [7, 11) is 0. The molecule has 7 nitrogen and oxygen atoms in total. The van der Waals surface area contributed by atoms with Crippen molar-refractivity contribution in [1.29, 1.82) is 0 Å². The highest BCUT2D eigenvalue weighted by molar-refractivity contribution is 5.98. The first kappa shape index (κ1) is 16.7. The van der Waals surface area contributed by atoms with E-state index in [9.17, 15) is 14.9 Å². The summed E-state index contributed by atoms with van der Waals surface area (Å²) in [5, 5.41) is 14.7. The lowest BCUT2D eigenvalue weighted by molar-refractivity contribution is -0.383. The third-order valence-corrected chi connectivity index (χ3v) is 3.55. The number of nitrogens with zero attached hydrogens (tertiary/aromatic N) is 3. The lowest BCUT2D eigenvalue weighted by atomic mass is 10.1. The molecular weight excluding hydrogens is 296 g/mol. The van der Waals surface area contributed by atoms with Crippen LogP contribution in [0, 0.1) is 17.0 Å². The van der Waals surface area contributed by atoms with Gasteiger partial charge in [0.15, 0.2) is 5.52 Å². The third-order valence-electron chi connectivity index (χ3n) is 3.55. The first-order valence-corrected chi connectivity index (χ1v) is 7.54. The van der Waals surface area contributed by atoms with Gasteiger partial charge in [-0.05, 0) is 26.8 Å². The van der Waals surface area contributed by atoms with E-state index in [1.807, 2.05) is 24.8 Å². The third kappa shape index (κ3) is 3.56. The second kappa shape index (κ2) is 7.04. The Hall–Kier alpha value is -2.70. The monoisotopic (exact) mass is 316 g/mol. The van der Waals surface area contributed by atoms with Crippen LogP contribution in [0.1, 0.15) is 19.5 Å². The quantitative estimate of drug-likeness (QED) is 0.653. The van der Waals surface area contributed by atoms with Gasteiger partial charge in [-0.2, -0.15) is 0 Å². The van der Waals surface area contributed by atoms with Crippen LogP contribution in [0.25, 0.3) is 10.9 Å². The van der Waals surface area contributed by atoms with Crippen molar-refractivity contribution < 1.29 is 9.72 Å². The molecular formula is C16H20N4O3. The molecule has 0 spiro atoms. The number of benzene rings is 1. The van der Waals surface area contributed by atoms with Gasteiger partial charge in [0.2, 0.25) is 5.91 Å². The summed E-state index contributed by atoms with van der Waals surface area (Å²) in [6, 6.07) is 6.73. The molecule has 0 unspecified atom stereocenters. The minimum Gasteiger partial charge on any atom is -0.362 e. The molecule has 122 valence electrons. The van der Waals surface area contributed by atoms with Crippen LogP contribution in [0.3, 0.4) is 0 Å². The predicted octanol–water partition coefficient (Wildman–Crippen LogP) is 2.41. The van der Waals surface area contributed by atoms with Crippen LogP contribution in [0.4, 0.5) is 11.4 Å². The molecule has 0 aliphatic rings. The fraction of sp³-hybridized carbons (Fsp3) is 0.375. The van der Waals surface area contributed by atoms with Crippen molar-refractivity contribution in [2.45, 2.75) is 20.8 Å². The predicted molar refractivity (Wildman–Crippen MR) is 89.7 cm³/mol. The molecule has 0 saturated heterocycles. The Bertz CT molecular complexity index is 745. The van der Waals surface area contributed by atoms with E-state index in [0.717, 1.165) is 5.69 Å². The number of nitro groups is 1. The largest absolute Gasteiger partial charge is 0.362 e. The molecule has 7 heteroatoms. The van der Waals surface area contributed by atoms with Crippen LogP contribution in [-0.2, 0) is 4.79 Å². The summed E-state index contributed by atoms with van der Waals surface area (Å²) in [6.07, 6.45) is 0. The molecule has 2 rings (SSSR count). The molecule has 0 radical (unpaired) electrons. The highest BCUT2D eigenvalue weighted by Gasteiger charge is 2.19. The summed E-state index contributed by atoms with van der Waals surface area (Å²) in [5.74, 6) is -0.0811. The molecule has 0 aliphatic carbocycles. The maximum Gasteiger partial charge on any atom is 0.295 e. The topological polar surface area (TPSA) is 88.4 Å². The number of non-ortho nitro benzene ring substituents is 1. The minimum atomic E-state index is -0.432. The van der Waals surface area contributed by atoms with E-state index in [2.05, 4.69) is 10.3 Å². The normalized spacial score (nSPS) is 10.6. The highest BCUT2D eigenvalue weighted by atomic mass is 16.6. The number of para-hydroxylation sites is 1. The van der Waals surface area contributed by atoms with Crippen molar-refractivity contribution in [3.05, 3.63) is 40.1 Å². The second-order valence-electron chi connectivity index (χ2n) is 5.18. The maximum absolute atomic E-state index is 11.9. The molecule has 23 heavy (non-hydrogen) atoms. The van der Waals surface area contributed by atoms with Gasteiger partial charge in [0, 0.05) is 35.9 Å². The van der Waals surface area contributed by atoms with Gasteiger partial charge in [-0.3, -0.25) is 14.9 Å². The van der Waals surface area contributed by atoms with Crippen LogP contribution < -0.4 is 10.2 Å². The van der Waals surface area contributed by atoms with E-state index in [1.54, 1.807) is 19.1 Å². The lowest BCUT2D eigenvalue weighted by Crippen LogP contribution is -2.37. The van der Waals surface area contributed by atoms with Crippen LogP contribution in [0.5, 0.6) is 0 Å². The molecule has 0 atom stereocenters. The fourth-order valence-electron chi connectivity index (χ4n) is 2.54. The first-order valence-electron chi connectivity index (χ1n) is 7.54. The number of carbonyl (C=O) groups is 1. The van der Waals surface area contributed by atoms with Gasteiger partial charge < -0.3 is 10.2 Å². The van der Waals surface area contributed by atoms with Crippen LogP contribution in [-0.4, -0.2) is 35.4 Å². The molecule has 1 heterocycles. The summed E-state index contributed by atoms with van der Waals surface area (Å²) < 4.78 is 0. The van der Waals surface area contributed by atoms with Crippen molar-refractivity contribution in [2.24, 2.45) is 0 Å². The average molecular weight is 316 g/mol. The van der Waals surface area contributed by atoms with Crippen LogP contribution in [0.15, 0.2) is 24.3 Å². The number of rotatable bonds is 6. The molecule has 0 fully saturated rings. The van der Waals surface area contributed by atoms with Gasteiger partial charge in [-0.1, -0.05) is 12.1 Å². The average Bonchev–Trinajstić information content (AvgIpc) is 2.51. The molecule has 1 aromatic carbocycles. The van der Waals surface area contributed by atoms with Crippen LogP contribution >= 0.6 is 0 Å². The van der Waals surface area contributed by atoms with E-state index < -0.39 is 4.92 Å². The van der Waals surface area contributed by atoms with Crippen molar-refractivity contribution in [1.82, 2.24) is 10.3 Å². The van der Waals surface area contributed by atoms with Gasteiger partial charge in [0.1, 0.15) is 0 Å². The Morgan fingerprint density at radius 1 is 1.39 bits per heavy atom. The van der Waals surface area contributed by atoms with Crippen molar-refractivity contribution >= 4 is 28.2 Å². The van der Waals surface area contributed by atoms with Gasteiger partial charge >= 0.3 is 0 Å². The molecule has 1 aromatic heterocycles. The van der Waals surface area contributed by atoms with Gasteiger partial charge in [0.05, 0.1) is 11.5 Å². The number of likely N-dealkylation sites (N-methyl/N-ethyl adjacent to an activating group) is 2. The minimum absolute atomic E-state index is 0.0264. The molecule has 2 aromatic rings. The number of pyridine rings is 1. The lowest BCUT2D eigenvalue weighted by Gasteiger charge is -2.24. The Morgan fingerprint density at radius 2 is 2.13 bits per heavy atom. The molecule has 0 saturated carbocycles. The van der Waals surface area contributed by atoms with E-state index in [0.29, 0.717) is 29.7 Å². The maximum atomic E-state index is 11.9. The number of nitrogens with one attached hydrogen (secondary N) is 1. The zero-order chi connectivity index (χ0) is 17.0. The van der Waals surface area contributed by atoms with Crippen molar-refractivity contribution in [3.8, 4) is 0 Å². The van der Waals surface area contributed by atoms with E-state index in [-0.39, 0.29) is 18.1 Å². The number of hydrogen-bond donors (Lipinski definition) is 1. The van der Waals surface area contributed by atoms with Gasteiger partial charge in [0.25, 0.3) is 5.69 Å². The van der Waals surface area contributed by atoms with E-state index in [4.69, 9.17) is 0 Å². The number of nitro benzene ring substituents is 1. The molecule has 0 bridgehead atoms. The Kier molecular flexibility index (Phi) is 5.10. The summed E-state index contributed by atoms with van der Waals surface area (Å²) >= 11 is 0. The molecule has 0 aliphatic heterocycles. The number of carbonyl (C=O) groups excluding carboxylic acids is 1. The van der Waals surface area contributed by atoms with Crippen LogP contribution in [0.2, 0.25) is 0 Å². The number of amides is 1. The van der Waals surface area contributed by atoms with Gasteiger partial charge in [-0.25, -0.2) is 4.98 Å². The highest BCUT2D eigenvalue weighted by Crippen LogP contribution is 2.31. The van der Waals surface area contributed by atoms with Gasteiger partial charge in [-0.15, -0.1) is 0 Å². The standard InChI is InChI=1S/C16H20N4O3/c1-4-17-15(21)10-19(5-2)14-9-11(3)18-16-12(14)7-6-8-13(16)20(22)23/h6-9H,4-5,10H2,1-3H3,(H,17,21). The Balaban J connectivity index is 2.56. The number of hydrogen-bond acceptors (Lipinski definition) is 5. The van der Waals surface area contributed by atoms with E-state index in [1.165, 1.54) is 6.07 Å². The smallest absolute Gasteiger partial charge is 0.295 e. The van der Waals surface area contributed by atoms with Crippen molar-refractivity contribution in [2.75, 3.05) is 24.5 Å². The Morgan fingerprint density at radius 3 is 2.74 bits per heavy atom. The fourth-order valence-corrected chi connectivity index (χ4v) is 2.54. The number of aromatic nitrogens is 1. The summed E-state index contributed by atoms with van der Waals surface area (Å²) in [6.45, 7) is 6.98. The number of fused-ring (bicyclic) bond motifs is 1. The summed E-state index contributed by atoms with van der Waals surface area (Å²) in [4.78, 5) is 28.9. The Labute approximate surface area is 134 Å². The molecule has 1 N–H and O–H groups in total. The first-order chi connectivity index (χ1) is 11.0. The second-order valence-corrected chi connectivity index (χ2v) is 5.18. The zero-order valence-corrected chi connectivity index (χ0v) is 13.5. The number of anilines is 1. The van der Waals surface area contributed by atoms with Crippen molar-refractivity contribution in [3.63, 3.8) is 0 Å². The number of aryl methyl sites for hydroxylation is 1.